The number of nitrogens with zero attached hydrogens (tertiary/aromatic N) is 1. The van der Waals surface area contributed by atoms with Crippen molar-refractivity contribution in [3.8, 4) is 11.5 Å². The predicted octanol–water partition coefficient (Wildman–Crippen LogP) is 2.88. The van der Waals surface area contributed by atoms with Gasteiger partial charge in [0.25, 0.3) is 0 Å². The van der Waals surface area contributed by atoms with E-state index in [2.05, 4.69) is 21.6 Å². The highest BCUT2D eigenvalue weighted by atomic mass is 16.5. The van der Waals surface area contributed by atoms with E-state index in [1.807, 2.05) is 13.8 Å². The molecule has 3 rings (SSSR count). The first-order valence-electron chi connectivity index (χ1n) is 10.5. The Labute approximate surface area is 182 Å². The number of furan rings is 1. The number of rotatable bonds is 7. The Kier molecular flexibility index (Phi) is 7.57. The van der Waals surface area contributed by atoms with Gasteiger partial charge < -0.3 is 24.5 Å². The van der Waals surface area contributed by atoms with Crippen LogP contribution in [0, 0.1) is 19.8 Å². The van der Waals surface area contributed by atoms with Crippen molar-refractivity contribution in [1.82, 2.24) is 10.2 Å². The number of ether oxygens (including phenoxy) is 2. The molecule has 0 aliphatic carbocycles. The average molecular weight is 430 g/mol. The van der Waals surface area contributed by atoms with Gasteiger partial charge in [-0.1, -0.05) is 0 Å². The molecule has 1 aliphatic heterocycles. The molecule has 2 N–H and O–H groups in total. The molecule has 1 aromatic heterocycles. The first kappa shape index (κ1) is 22.7. The quantitative estimate of drug-likeness (QED) is 0.658. The Morgan fingerprint density at radius 2 is 1.84 bits per heavy atom. The largest absolute Gasteiger partial charge is 0.497 e. The lowest BCUT2D eigenvalue weighted by Crippen LogP contribution is -2.41. The Morgan fingerprint density at radius 3 is 2.45 bits per heavy atom. The summed E-state index contributed by atoms with van der Waals surface area (Å²) in [7, 11) is 3.03. The summed E-state index contributed by atoms with van der Waals surface area (Å²) >= 11 is 0. The Balaban J connectivity index is 1.44. The molecule has 168 valence electrons. The summed E-state index contributed by atoms with van der Waals surface area (Å²) in [5.74, 6) is 1.90. The fourth-order valence-corrected chi connectivity index (χ4v) is 3.84. The molecular formula is C23H31N3O5. The third-order valence-electron chi connectivity index (χ3n) is 5.66. The minimum absolute atomic E-state index is 0.353. The van der Waals surface area contributed by atoms with Crippen molar-refractivity contribution in [2.24, 2.45) is 5.92 Å². The molecular weight excluding hydrogens is 398 g/mol. The van der Waals surface area contributed by atoms with Gasteiger partial charge in [0.2, 0.25) is 0 Å². The number of likely N-dealkylation sites (tertiary alicyclic amines) is 1. The second-order valence-electron chi connectivity index (χ2n) is 7.89. The van der Waals surface area contributed by atoms with E-state index in [1.54, 1.807) is 18.2 Å². The SMILES string of the molecule is COc1ccc(OC)c(NC(=O)C(=O)NCC2CCN(Cc3cc(C)oc3C)CC2)c1. The van der Waals surface area contributed by atoms with Gasteiger partial charge in [0.05, 0.1) is 19.9 Å². The van der Waals surface area contributed by atoms with Crippen LogP contribution in [0.4, 0.5) is 5.69 Å². The highest BCUT2D eigenvalue weighted by Crippen LogP contribution is 2.28. The van der Waals surface area contributed by atoms with Crippen LogP contribution in [0.1, 0.15) is 29.9 Å². The number of aryl methyl sites for hydroxylation is 2. The third-order valence-corrected chi connectivity index (χ3v) is 5.66. The van der Waals surface area contributed by atoms with Crippen LogP contribution in [-0.4, -0.2) is 50.6 Å². The smallest absolute Gasteiger partial charge is 0.313 e. The zero-order valence-corrected chi connectivity index (χ0v) is 18.6. The van der Waals surface area contributed by atoms with Crippen LogP contribution in [0.2, 0.25) is 0 Å². The van der Waals surface area contributed by atoms with Gasteiger partial charge >= 0.3 is 11.8 Å². The fraction of sp³-hybridized carbons (Fsp3) is 0.478. The van der Waals surface area contributed by atoms with E-state index in [4.69, 9.17) is 13.9 Å². The number of anilines is 1. The van der Waals surface area contributed by atoms with Gasteiger partial charge in [-0.25, -0.2) is 0 Å². The normalized spacial score (nSPS) is 14.8. The number of amides is 2. The number of benzene rings is 1. The number of hydrogen-bond acceptors (Lipinski definition) is 6. The van der Waals surface area contributed by atoms with Crippen LogP contribution in [-0.2, 0) is 16.1 Å². The molecule has 1 aliphatic rings. The van der Waals surface area contributed by atoms with E-state index in [0.717, 1.165) is 44.0 Å². The maximum absolute atomic E-state index is 12.3. The van der Waals surface area contributed by atoms with Crippen molar-refractivity contribution >= 4 is 17.5 Å². The van der Waals surface area contributed by atoms with Gasteiger partial charge in [-0.05, 0) is 63.9 Å². The summed E-state index contributed by atoms with van der Waals surface area (Å²) in [4.78, 5) is 27.0. The van der Waals surface area contributed by atoms with E-state index in [1.165, 1.54) is 19.8 Å². The molecule has 1 aromatic carbocycles. The van der Waals surface area contributed by atoms with Gasteiger partial charge in [-0.2, -0.15) is 0 Å². The maximum atomic E-state index is 12.3. The van der Waals surface area contributed by atoms with Crippen molar-refractivity contribution < 1.29 is 23.5 Å². The number of methoxy groups -OCH3 is 2. The molecule has 2 aromatic rings. The van der Waals surface area contributed by atoms with Crippen LogP contribution in [0.15, 0.2) is 28.7 Å². The predicted molar refractivity (Wildman–Crippen MR) is 117 cm³/mol. The molecule has 2 heterocycles. The fourth-order valence-electron chi connectivity index (χ4n) is 3.84. The molecule has 0 spiro atoms. The second-order valence-corrected chi connectivity index (χ2v) is 7.89. The minimum atomic E-state index is -0.727. The summed E-state index contributed by atoms with van der Waals surface area (Å²) in [6.07, 6.45) is 1.95. The highest BCUT2D eigenvalue weighted by Gasteiger charge is 2.23. The molecule has 31 heavy (non-hydrogen) atoms. The lowest BCUT2D eigenvalue weighted by Gasteiger charge is -2.31. The summed E-state index contributed by atoms with van der Waals surface area (Å²) in [5.41, 5.74) is 1.62. The van der Waals surface area contributed by atoms with E-state index in [-0.39, 0.29) is 0 Å². The van der Waals surface area contributed by atoms with Gasteiger partial charge in [-0.3, -0.25) is 14.5 Å². The molecule has 8 nitrogen and oxygen atoms in total. The average Bonchev–Trinajstić information content (AvgIpc) is 3.09. The summed E-state index contributed by atoms with van der Waals surface area (Å²) in [6, 6.07) is 7.10. The van der Waals surface area contributed by atoms with Crippen LogP contribution >= 0.6 is 0 Å². The molecule has 0 unspecified atom stereocenters. The number of hydrogen-bond donors (Lipinski definition) is 2. The van der Waals surface area contributed by atoms with Crippen molar-refractivity contribution in [1.29, 1.82) is 0 Å². The van der Waals surface area contributed by atoms with Crippen molar-refractivity contribution in [2.45, 2.75) is 33.2 Å². The summed E-state index contributed by atoms with van der Waals surface area (Å²) in [5, 5.41) is 5.35. The molecule has 0 bridgehead atoms. The first-order valence-corrected chi connectivity index (χ1v) is 10.5. The number of carbonyl (C=O) groups excluding carboxylic acids is 2. The minimum Gasteiger partial charge on any atom is -0.497 e. The van der Waals surface area contributed by atoms with Crippen molar-refractivity contribution in [3.05, 3.63) is 41.3 Å². The van der Waals surface area contributed by atoms with Gasteiger partial charge in [0, 0.05) is 24.7 Å². The standard InChI is InChI=1S/C23H31N3O5/c1-15-11-18(16(2)31-15)14-26-9-7-17(8-10-26)13-24-22(27)23(28)25-20-12-19(29-3)5-6-21(20)30-4/h5-6,11-12,17H,7-10,13-14H2,1-4H3,(H,24,27)(H,25,28). The number of nitrogens with one attached hydrogen (secondary N) is 2. The monoisotopic (exact) mass is 429 g/mol. The Morgan fingerprint density at radius 1 is 1.10 bits per heavy atom. The van der Waals surface area contributed by atoms with Crippen LogP contribution in [0.25, 0.3) is 0 Å². The third kappa shape index (κ3) is 6.01. The molecule has 0 saturated carbocycles. The van der Waals surface area contributed by atoms with Crippen molar-refractivity contribution in [2.75, 3.05) is 39.2 Å². The van der Waals surface area contributed by atoms with E-state index in [0.29, 0.717) is 29.6 Å². The first-order chi connectivity index (χ1) is 14.9. The number of carbonyl (C=O) groups is 2. The zero-order valence-electron chi connectivity index (χ0n) is 18.6. The molecule has 2 amide bonds. The van der Waals surface area contributed by atoms with Crippen LogP contribution in [0.3, 0.4) is 0 Å². The number of piperidine rings is 1. The lowest BCUT2D eigenvalue weighted by atomic mass is 9.96. The van der Waals surface area contributed by atoms with E-state index < -0.39 is 11.8 Å². The van der Waals surface area contributed by atoms with Crippen LogP contribution in [0.5, 0.6) is 11.5 Å². The maximum Gasteiger partial charge on any atom is 0.313 e. The van der Waals surface area contributed by atoms with Gasteiger partial charge in [-0.15, -0.1) is 0 Å². The lowest BCUT2D eigenvalue weighted by molar-refractivity contribution is -0.136. The van der Waals surface area contributed by atoms with Gasteiger partial charge in [0.1, 0.15) is 23.0 Å². The van der Waals surface area contributed by atoms with E-state index >= 15 is 0 Å². The molecule has 0 radical (unpaired) electrons. The van der Waals surface area contributed by atoms with Crippen molar-refractivity contribution in [3.63, 3.8) is 0 Å². The molecule has 1 saturated heterocycles. The van der Waals surface area contributed by atoms with Gasteiger partial charge in [0.15, 0.2) is 0 Å². The summed E-state index contributed by atoms with van der Waals surface area (Å²) in [6.45, 7) is 7.24. The highest BCUT2D eigenvalue weighted by molar-refractivity contribution is 6.39. The summed E-state index contributed by atoms with van der Waals surface area (Å²) < 4.78 is 16.0. The Bertz CT molecular complexity index is 916. The molecule has 0 atom stereocenters. The second kappa shape index (κ2) is 10.3. The van der Waals surface area contributed by atoms with Crippen LogP contribution < -0.4 is 20.1 Å². The van der Waals surface area contributed by atoms with E-state index in [9.17, 15) is 9.59 Å². The zero-order chi connectivity index (χ0) is 22.4. The molecule has 1 fully saturated rings. The topological polar surface area (TPSA) is 93.0 Å². The Hall–Kier alpha value is -3.00. The molecule has 8 heteroatoms.